The number of rotatable bonds is 4. The van der Waals surface area contributed by atoms with Gasteiger partial charge in [-0.1, -0.05) is 0 Å². The molecule has 1 N–H and O–H groups in total. The molecule has 1 aromatic rings. The van der Waals surface area contributed by atoms with Crippen LogP contribution in [0.3, 0.4) is 0 Å². The van der Waals surface area contributed by atoms with Gasteiger partial charge in [0.25, 0.3) is 5.91 Å². The Hall–Kier alpha value is -1.87. The molecular weight excluding hydrogens is 252 g/mol. The zero-order valence-electron chi connectivity index (χ0n) is 10.2. The van der Waals surface area contributed by atoms with Crippen LogP contribution in [-0.4, -0.2) is 26.6 Å². The lowest BCUT2D eigenvalue weighted by Gasteiger charge is -2.10. The SMILES string of the molecule is CC(CC#N)NC(=O)c1ccc(S(C)(=O)=O)cc1. The topological polar surface area (TPSA) is 87.0 Å². The highest BCUT2D eigenvalue weighted by atomic mass is 32.2. The smallest absolute Gasteiger partial charge is 0.251 e. The van der Waals surface area contributed by atoms with E-state index in [9.17, 15) is 13.2 Å². The number of hydrogen-bond acceptors (Lipinski definition) is 4. The fourth-order valence-corrected chi connectivity index (χ4v) is 1.98. The van der Waals surface area contributed by atoms with Crippen LogP contribution in [0.15, 0.2) is 29.2 Å². The standard InChI is InChI=1S/C12H14N2O3S/c1-9(7-8-13)14-12(15)10-3-5-11(6-4-10)18(2,16)17/h3-6,9H,7H2,1-2H3,(H,14,15). The fourth-order valence-electron chi connectivity index (χ4n) is 1.35. The van der Waals surface area contributed by atoms with Crippen molar-refractivity contribution in [2.45, 2.75) is 24.3 Å². The lowest BCUT2D eigenvalue weighted by Crippen LogP contribution is -2.32. The van der Waals surface area contributed by atoms with Crippen molar-refractivity contribution in [2.24, 2.45) is 0 Å². The summed E-state index contributed by atoms with van der Waals surface area (Å²) >= 11 is 0. The van der Waals surface area contributed by atoms with Crippen molar-refractivity contribution >= 4 is 15.7 Å². The van der Waals surface area contributed by atoms with E-state index < -0.39 is 9.84 Å². The monoisotopic (exact) mass is 266 g/mol. The molecular formula is C12H14N2O3S. The zero-order chi connectivity index (χ0) is 13.8. The van der Waals surface area contributed by atoms with Gasteiger partial charge in [0.2, 0.25) is 0 Å². The molecule has 0 fully saturated rings. The van der Waals surface area contributed by atoms with Crippen LogP contribution >= 0.6 is 0 Å². The van der Waals surface area contributed by atoms with Crippen LogP contribution in [0.2, 0.25) is 0 Å². The summed E-state index contributed by atoms with van der Waals surface area (Å²) in [7, 11) is -3.25. The second-order valence-corrected chi connectivity index (χ2v) is 6.05. The van der Waals surface area contributed by atoms with Gasteiger partial charge in [0, 0.05) is 17.9 Å². The zero-order valence-corrected chi connectivity index (χ0v) is 11.0. The molecule has 0 saturated carbocycles. The van der Waals surface area contributed by atoms with Crippen molar-refractivity contribution in [1.29, 1.82) is 5.26 Å². The van der Waals surface area contributed by atoms with Gasteiger partial charge >= 0.3 is 0 Å². The van der Waals surface area contributed by atoms with Gasteiger partial charge in [0.05, 0.1) is 17.4 Å². The Morgan fingerprint density at radius 3 is 2.39 bits per heavy atom. The van der Waals surface area contributed by atoms with Crippen molar-refractivity contribution < 1.29 is 13.2 Å². The highest BCUT2D eigenvalue weighted by Gasteiger charge is 2.11. The molecule has 1 amide bonds. The van der Waals surface area contributed by atoms with Crippen LogP contribution < -0.4 is 5.32 Å². The highest BCUT2D eigenvalue weighted by Crippen LogP contribution is 2.10. The van der Waals surface area contributed by atoms with Crippen LogP contribution in [0.25, 0.3) is 0 Å². The molecule has 1 rings (SSSR count). The molecule has 0 aliphatic carbocycles. The van der Waals surface area contributed by atoms with Gasteiger partial charge in [-0.05, 0) is 31.2 Å². The van der Waals surface area contributed by atoms with E-state index in [0.717, 1.165) is 6.26 Å². The minimum Gasteiger partial charge on any atom is -0.349 e. The molecule has 0 bridgehead atoms. The minimum absolute atomic E-state index is 0.170. The molecule has 0 spiro atoms. The molecule has 0 saturated heterocycles. The molecule has 0 aliphatic rings. The molecule has 18 heavy (non-hydrogen) atoms. The van der Waals surface area contributed by atoms with Gasteiger partial charge in [-0.15, -0.1) is 0 Å². The Kier molecular flexibility index (Phi) is 4.45. The largest absolute Gasteiger partial charge is 0.349 e. The maximum atomic E-state index is 11.7. The summed E-state index contributed by atoms with van der Waals surface area (Å²) in [5.41, 5.74) is 0.368. The number of hydrogen-bond donors (Lipinski definition) is 1. The third-order valence-electron chi connectivity index (χ3n) is 2.32. The Morgan fingerprint density at radius 1 is 1.39 bits per heavy atom. The molecule has 6 heteroatoms. The van der Waals surface area contributed by atoms with Crippen LogP contribution in [-0.2, 0) is 9.84 Å². The summed E-state index contributed by atoms with van der Waals surface area (Å²) in [5.74, 6) is -0.321. The summed E-state index contributed by atoms with van der Waals surface area (Å²) in [6, 6.07) is 7.40. The maximum Gasteiger partial charge on any atom is 0.251 e. The maximum absolute atomic E-state index is 11.7. The van der Waals surface area contributed by atoms with E-state index in [-0.39, 0.29) is 23.3 Å². The second kappa shape index (κ2) is 5.65. The van der Waals surface area contributed by atoms with E-state index >= 15 is 0 Å². The average Bonchev–Trinajstić information content (AvgIpc) is 2.28. The second-order valence-electron chi connectivity index (χ2n) is 4.03. The molecule has 0 heterocycles. The van der Waals surface area contributed by atoms with Gasteiger partial charge in [-0.25, -0.2) is 8.42 Å². The van der Waals surface area contributed by atoms with Gasteiger partial charge in [0.15, 0.2) is 9.84 Å². The third-order valence-corrected chi connectivity index (χ3v) is 3.45. The Labute approximate surface area is 106 Å². The van der Waals surface area contributed by atoms with Crippen molar-refractivity contribution in [1.82, 2.24) is 5.32 Å². The van der Waals surface area contributed by atoms with Gasteiger partial charge in [0.1, 0.15) is 0 Å². The van der Waals surface area contributed by atoms with Gasteiger partial charge < -0.3 is 5.32 Å². The lowest BCUT2D eigenvalue weighted by molar-refractivity contribution is 0.0940. The van der Waals surface area contributed by atoms with E-state index in [2.05, 4.69) is 5.32 Å². The van der Waals surface area contributed by atoms with Gasteiger partial charge in [-0.3, -0.25) is 4.79 Å². The van der Waals surface area contributed by atoms with Gasteiger partial charge in [-0.2, -0.15) is 5.26 Å². The van der Waals surface area contributed by atoms with Crippen molar-refractivity contribution in [2.75, 3.05) is 6.26 Å². The van der Waals surface area contributed by atoms with E-state index in [0.29, 0.717) is 5.56 Å². The van der Waals surface area contributed by atoms with Crippen LogP contribution in [0, 0.1) is 11.3 Å². The van der Waals surface area contributed by atoms with E-state index in [4.69, 9.17) is 5.26 Å². The first-order valence-corrected chi connectivity index (χ1v) is 7.21. The normalized spacial score (nSPS) is 12.5. The quantitative estimate of drug-likeness (QED) is 0.884. The number of nitriles is 1. The summed E-state index contributed by atoms with van der Waals surface area (Å²) < 4.78 is 22.5. The first kappa shape index (κ1) is 14.2. The number of carbonyl (C=O) groups is 1. The van der Waals surface area contributed by atoms with Crippen molar-refractivity contribution in [3.8, 4) is 6.07 Å². The van der Waals surface area contributed by atoms with E-state index in [1.165, 1.54) is 24.3 Å². The highest BCUT2D eigenvalue weighted by molar-refractivity contribution is 7.90. The fraction of sp³-hybridized carbons (Fsp3) is 0.333. The molecule has 96 valence electrons. The summed E-state index contributed by atoms with van der Waals surface area (Å²) in [4.78, 5) is 11.9. The predicted octanol–water partition coefficient (Wildman–Crippen LogP) is 1.12. The summed E-state index contributed by atoms with van der Waals surface area (Å²) in [6.07, 6.45) is 1.34. The molecule has 0 radical (unpaired) electrons. The number of nitrogens with one attached hydrogen (secondary N) is 1. The molecule has 0 aliphatic heterocycles. The number of benzene rings is 1. The summed E-state index contributed by atoms with van der Waals surface area (Å²) in [6.45, 7) is 1.73. The van der Waals surface area contributed by atoms with Crippen LogP contribution in [0.1, 0.15) is 23.7 Å². The Bertz CT molecular complexity index is 570. The lowest BCUT2D eigenvalue weighted by atomic mass is 10.2. The average molecular weight is 266 g/mol. The first-order valence-electron chi connectivity index (χ1n) is 5.32. The number of sulfone groups is 1. The Balaban J connectivity index is 2.81. The minimum atomic E-state index is -3.25. The predicted molar refractivity (Wildman–Crippen MR) is 66.7 cm³/mol. The Morgan fingerprint density at radius 2 is 1.94 bits per heavy atom. The van der Waals surface area contributed by atoms with Crippen LogP contribution in [0.5, 0.6) is 0 Å². The summed E-state index contributed by atoms with van der Waals surface area (Å²) in [5, 5.41) is 11.1. The van der Waals surface area contributed by atoms with E-state index in [1.807, 2.05) is 6.07 Å². The molecule has 1 atom stereocenters. The number of carbonyl (C=O) groups excluding carboxylic acids is 1. The molecule has 5 nitrogen and oxygen atoms in total. The molecule has 1 unspecified atom stereocenters. The number of amides is 1. The third kappa shape index (κ3) is 3.86. The van der Waals surface area contributed by atoms with E-state index in [1.54, 1.807) is 6.92 Å². The molecule has 1 aromatic carbocycles. The van der Waals surface area contributed by atoms with Crippen LogP contribution in [0.4, 0.5) is 0 Å². The van der Waals surface area contributed by atoms with Crippen molar-refractivity contribution in [3.63, 3.8) is 0 Å². The number of nitrogens with zero attached hydrogens (tertiary/aromatic N) is 1. The van der Waals surface area contributed by atoms with Crippen molar-refractivity contribution in [3.05, 3.63) is 29.8 Å². The first-order chi connectivity index (χ1) is 8.34. The molecule has 0 aromatic heterocycles.